The molecule has 2 aromatic carbocycles. The Hall–Kier alpha value is -3.20. The first kappa shape index (κ1) is 26.1. The summed E-state index contributed by atoms with van der Waals surface area (Å²) in [5, 5.41) is 22.9. The highest BCUT2D eigenvalue weighted by Crippen LogP contribution is 2.38. The highest BCUT2D eigenvalue weighted by atomic mass is 32.2. The molecule has 0 heterocycles. The molecule has 0 saturated heterocycles. The number of sulfone groups is 1. The van der Waals surface area contributed by atoms with Gasteiger partial charge in [0.25, 0.3) is 11.6 Å². The van der Waals surface area contributed by atoms with Crippen molar-refractivity contribution in [2.45, 2.75) is 29.8 Å². The third kappa shape index (κ3) is 5.98. The van der Waals surface area contributed by atoms with Crippen LogP contribution >= 0.6 is 0 Å². The number of hydrogen-bond donors (Lipinski definition) is 2. The Morgan fingerprint density at radius 1 is 1.03 bits per heavy atom. The molecule has 1 unspecified atom stereocenters. The molecule has 0 aliphatic carbocycles. The van der Waals surface area contributed by atoms with Crippen LogP contribution in [0.2, 0.25) is 0 Å². The summed E-state index contributed by atoms with van der Waals surface area (Å²) in [6.07, 6.45) is -10.2. The minimum atomic E-state index is -5.18. The molecule has 2 aromatic rings. The molecule has 2 rings (SSSR count). The molecule has 0 bridgehead atoms. The summed E-state index contributed by atoms with van der Waals surface area (Å²) < 4.78 is 104. The molecule has 33 heavy (non-hydrogen) atoms. The van der Waals surface area contributed by atoms with Gasteiger partial charge >= 0.3 is 12.4 Å². The molecule has 0 aromatic heterocycles. The first-order valence-corrected chi connectivity index (χ1v) is 10.3. The first-order chi connectivity index (χ1) is 14.9. The smallest absolute Gasteiger partial charge is 0.379 e. The van der Waals surface area contributed by atoms with Crippen molar-refractivity contribution in [1.82, 2.24) is 0 Å². The number of hydrogen-bond acceptors (Lipinski definition) is 6. The number of nitrogens with zero attached hydrogens (tertiary/aromatic N) is 1. The standard InChI is InChI=1S/C18H14F6N2O6S/c1-16(28,9-33(31,32)14-5-3-2-4-11(14)17(19,20)21)15(27)25-10-6-7-13(26(29)30)12(8-10)18(22,23)24/h2-8,28H,9H2,1H3,(H,25,27). The van der Waals surface area contributed by atoms with Crippen LogP contribution in [0.15, 0.2) is 47.4 Å². The molecule has 1 amide bonds. The number of carbonyl (C=O) groups excluding carboxylic acids is 1. The van der Waals surface area contributed by atoms with Crippen molar-refractivity contribution in [2.75, 3.05) is 11.1 Å². The van der Waals surface area contributed by atoms with Gasteiger partial charge in [-0.3, -0.25) is 14.9 Å². The van der Waals surface area contributed by atoms with E-state index in [-0.39, 0.29) is 6.07 Å². The predicted octanol–water partition coefficient (Wildman–Crippen LogP) is 3.80. The van der Waals surface area contributed by atoms with Crippen molar-refractivity contribution in [3.05, 3.63) is 63.7 Å². The maximum absolute atomic E-state index is 13.1. The summed E-state index contributed by atoms with van der Waals surface area (Å²) >= 11 is 0. The average molecular weight is 500 g/mol. The van der Waals surface area contributed by atoms with Gasteiger partial charge < -0.3 is 10.4 Å². The lowest BCUT2D eigenvalue weighted by Crippen LogP contribution is -2.46. The lowest BCUT2D eigenvalue weighted by Gasteiger charge is -2.23. The molecule has 0 spiro atoms. The molecular weight excluding hydrogens is 486 g/mol. The maximum Gasteiger partial charge on any atom is 0.423 e. The molecule has 2 N–H and O–H groups in total. The molecule has 0 radical (unpaired) electrons. The lowest BCUT2D eigenvalue weighted by molar-refractivity contribution is -0.388. The van der Waals surface area contributed by atoms with Gasteiger partial charge in [-0.15, -0.1) is 0 Å². The molecule has 0 fully saturated rings. The number of aliphatic hydroxyl groups is 1. The monoisotopic (exact) mass is 500 g/mol. The minimum absolute atomic E-state index is 0.194. The molecular formula is C18H14F6N2O6S. The van der Waals surface area contributed by atoms with E-state index < -0.39 is 71.8 Å². The zero-order valence-electron chi connectivity index (χ0n) is 16.4. The van der Waals surface area contributed by atoms with Crippen LogP contribution in [0.25, 0.3) is 0 Å². The van der Waals surface area contributed by atoms with Crippen molar-refractivity contribution >= 4 is 27.1 Å². The normalized spacial score (nSPS) is 14.4. The molecule has 180 valence electrons. The van der Waals surface area contributed by atoms with E-state index in [2.05, 4.69) is 0 Å². The highest BCUT2D eigenvalue weighted by molar-refractivity contribution is 7.91. The van der Waals surface area contributed by atoms with E-state index in [4.69, 9.17) is 0 Å². The Balaban J connectivity index is 2.36. The maximum atomic E-state index is 13.1. The summed E-state index contributed by atoms with van der Waals surface area (Å²) in [6, 6.07) is 4.36. The Kier molecular flexibility index (Phi) is 6.81. The molecule has 0 aliphatic rings. The van der Waals surface area contributed by atoms with Gasteiger partial charge in [0.15, 0.2) is 15.4 Å². The zero-order valence-corrected chi connectivity index (χ0v) is 17.2. The average Bonchev–Trinajstić information content (AvgIpc) is 2.65. The molecule has 0 saturated carbocycles. The summed E-state index contributed by atoms with van der Waals surface area (Å²) in [5.74, 6) is -3.12. The van der Waals surface area contributed by atoms with Gasteiger partial charge in [0.1, 0.15) is 5.56 Å². The zero-order chi connectivity index (χ0) is 25.4. The van der Waals surface area contributed by atoms with E-state index in [1.807, 2.05) is 0 Å². The van der Waals surface area contributed by atoms with Crippen LogP contribution in [0, 0.1) is 10.1 Å². The van der Waals surface area contributed by atoms with Crippen LogP contribution in [0.1, 0.15) is 18.1 Å². The van der Waals surface area contributed by atoms with E-state index in [9.17, 15) is 54.8 Å². The number of benzene rings is 2. The predicted molar refractivity (Wildman–Crippen MR) is 101 cm³/mol. The number of carbonyl (C=O) groups is 1. The largest absolute Gasteiger partial charge is 0.423 e. The second-order valence-corrected chi connectivity index (χ2v) is 8.93. The van der Waals surface area contributed by atoms with Crippen LogP contribution in [0.4, 0.5) is 37.7 Å². The summed E-state index contributed by atoms with van der Waals surface area (Å²) in [7, 11) is -4.92. The number of anilines is 1. The molecule has 8 nitrogen and oxygen atoms in total. The number of rotatable bonds is 6. The summed E-state index contributed by atoms with van der Waals surface area (Å²) in [6.45, 7) is 0.631. The first-order valence-electron chi connectivity index (χ1n) is 8.65. The third-order valence-corrected chi connectivity index (χ3v) is 6.21. The van der Waals surface area contributed by atoms with Gasteiger partial charge in [0.2, 0.25) is 0 Å². The second kappa shape index (κ2) is 8.62. The van der Waals surface area contributed by atoms with Gasteiger partial charge in [-0.05, 0) is 31.2 Å². The Morgan fingerprint density at radius 2 is 1.58 bits per heavy atom. The van der Waals surface area contributed by atoms with Crippen molar-refractivity contribution in [1.29, 1.82) is 0 Å². The van der Waals surface area contributed by atoms with Gasteiger partial charge in [0.05, 0.1) is 21.1 Å². The van der Waals surface area contributed by atoms with E-state index in [0.717, 1.165) is 12.1 Å². The number of halogens is 6. The van der Waals surface area contributed by atoms with Crippen molar-refractivity contribution in [3.63, 3.8) is 0 Å². The van der Waals surface area contributed by atoms with Crippen molar-refractivity contribution in [2.24, 2.45) is 0 Å². The number of nitro groups is 1. The topological polar surface area (TPSA) is 127 Å². The number of nitro benzene ring substituents is 1. The second-order valence-electron chi connectivity index (χ2n) is 6.97. The lowest BCUT2D eigenvalue weighted by atomic mass is 10.1. The van der Waals surface area contributed by atoms with Gasteiger partial charge in [-0.25, -0.2) is 8.42 Å². The number of nitrogens with one attached hydrogen (secondary N) is 1. The minimum Gasteiger partial charge on any atom is -0.379 e. The van der Waals surface area contributed by atoms with Crippen LogP contribution in [-0.2, 0) is 27.0 Å². The van der Waals surface area contributed by atoms with E-state index >= 15 is 0 Å². The third-order valence-electron chi connectivity index (χ3n) is 4.24. The van der Waals surface area contributed by atoms with Crippen molar-refractivity contribution < 1.29 is 49.6 Å². The summed E-state index contributed by atoms with van der Waals surface area (Å²) in [4.78, 5) is 20.6. The Bertz CT molecular complexity index is 1190. The van der Waals surface area contributed by atoms with E-state index in [1.165, 1.54) is 0 Å². The summed E-state index contributed by atoms with van der Waals surface area (Å²) in [5.41, 5.74) is -8.15. The highest BCUT2D eigenvalue weighted by Gasteiger charge is 2.42. The molecule has 15 heteroatoms. The quantitative estimate of drug-likeness (QED) is 0.353. The van der Waals surface area contributed by atoms with Gasteiger partial charge in [-0.2, -0.15) is 26.3 Å². The van der Waals surface area contributed by atoms with Crippen LogP contribution in [-0.4, -0.2) is 35.7 Å². The fourth-order valence-electron chi connectivity index (χ4n) is 2.75. The van der Waals surface area contributed by atoms with Crippen molar-refractivity contribution in [3.8, 4) is 0 Å². The molecule has 0 aliphatic heterocycles. The molecule has 1 atom stereocenters. The fourth-order valence-corrected chi connectivity index (χ4v) is 4.58. The Labute approximate surface area is 181 Å². The van der Waals surface area contributed by atoms with Crippen LogP contribution in [0.5, 0.6) is 0 Å². The van der Waals surface area contributed by atoms with E-state index in [0.29, 0.717) is 31.2 Å². The Morgan fingerprint density at radius 3 is 2.09 bits per heavy atom. The van der Waals surface area contributed by atoms with E-state index in [1.54, 1.807) is 5.32 Å². The van der Waals surface area contributed by atoms with Crippen LogP contribution in [0.3, 0.4) is 0 Å². The number of amides is 1. The fraction of sp³-hybridized carbons (Fsp3) is 0.278. The van der Waals surface area contributed by atoms with Crippen LogP contribution < -0.4 is 5.32 Å². The van der Waals surface area contributed by atoms with Gasteiger partial charge in [-0.1, -0.05) is 12.1 Å². The number of alkyl halides is 6. The van der Waals surface area contributed by atoms with Gasteiger partial charge in [0, 0.05) is 11.8 Å². The SMILES string of the molecule is CC(O)(CS(=O)(=O)c1ccccc1C(F)(F)F)C(=O)Nc1ccc([N+](=O)[O-])c(C(F)(F)F)c1.